The van der Waals surface area contributed by atoms with Crippen molar-refractivity contribution in [1.82, 2.24) is 4.98 Å². The van der Waals surface area contributed by atoms with Crippen LogP contribution < -0.4 is 10.6 Å². The summed E-state index contributed by atoms with van der Waals surface area (Å²) in [6.45, 7) is 5.02. The van der Waals surface area contributed by atoms with E-state index >= 15 is 0 Å². The molecular weight excluding hydrogens is 162 g/mol. The SMILES string of the molecule is C=CCN(C)c1cc(CN)ccn1. The molecule has 0 aliphatic carbocycles. The number of rotatable bonds is 4. The van der Waals surface area contributed by atoms with Gasteiger partial charge in [0.05, 0.1) is 0 Å². The monoisotopic (exact) mass is 177 g/mol. The number of hydrogen-bond donors (Lipinski definition) is 1. The third-order valence-corrected chi connectivity index (χ3v) is 1.84. The fraction of sp³-hybridized carbons (Fsp3) is 0.300. The molecule has 0 atom stereocenters. The minimum atomic E-state index is 0.553. The van der Waals surface area contributed by atoms with Gasteiger partial charge in [-0.1, -0.05) is 6.08 Å². The molecule has 0 unspecified atom stereocenters. The van der Waals surface area contributed by atoms with Crippen LogP contribution in [0.5, 0.6) is 0 Å². The maximum Gasteiger partial charge on any atom is 0.128 e. The Morgan fingerprint density at radius 3 is 3.08 bits per heavy atom. The Morgan fingerprint density at radius 2 is 2.46 bits per heavy atom. The van der Waals surface area contributed by atoms with E-state index in [2.05, 4.69) is 11.6 Å². The van der Waals surface area contributed by atoms with E-state index in [1.807, 2.05) is 30.2 Å². The molecular formula is C10H15N3. The first-order valence-corrected chi connectivity index (χ1v) is 4.25. The number of nitrogens with zero attached hydrogens (tertiary/aromatic N) is 2. The zero-order valence-corrected chi connectivity index (χ0v) is 7.90. The van der Waals surface area contributed by atoms with E-state index in [1.165, 1.54) is 0 Å². The van der Waals surface area contributed by atoms with Gasteiger partial charge >= 0.3 is 0 Å². The molecule has 2 N–H and O–H groups in total. The molecule has 70 valence electrons. The van der Waals surface area contributed by atoms with Gasteiger partial charge in [-0.3, -0.25) is 0 Å². The summed E-state index contributed by atoms with van der Waals surface area (Å²) < 4.78 is 0. The van der Waals surface area contributed by atoms with Gasteiger partial charge in [0.25, 0.3) is 0 Å². The highest BCUT2D eigenvalue weighted by Gasteiger charge is 1.99. The number of nitrogens with two attached hydrogens (primary N) is 1. The first-order valence-electron chi connectivity index (χ1n) is 4.25. The van der Waals surface area contributed by atoms with E-state index in [4.69, 9.17) is 5.73 Å². The second-order valence-electron chi connectivity index (χ2n) is 2.90. The molecule has 0 aliphatic rings. The summed E-state index contributed by atoms with van der Waals surface area (Å²) in [6, 6.07) is 3.91. The van der Waals surface area contributed by atoms with Crippen LogP contribution in [0.2, 0.25) is 0 Å². The van der Waals surface area contributed by atoms with Crippen LogP contribution in [0.3, 0.4) is 0 Å². The molecule has 3 nitrogen and oxygen atoms in total. The molecule has 0 saturated heterocycles. The maximum absolute atomic E-state index is 5.53. The van der Waals surface area contributed by atoms with Gasteiger partial charge in [-0.05, 0) is 17.7 Å². The third-order valence-electron chi connectivity index (χ3n) is 1.84. The molecule has 0 aliphatic heterocycles. The minimum absolute atomic E-state index is 0.553. The highest BCUT2D eigenvalue weighted by Crippen LogP contribution is 2.09. The van der Waals surface area contributed by atoms with Crippen molar-refractivity contribution in [2.24, 2.45) is 5.73 Å². The van der Waals surface area contributed by atoms with Crippen LogP contribution in [-0.4, -0.2) is 18.6 Å². The molecule has 0 spiro atoms. The standard InChI is InChI=1S/C10H15N3/c1-3-6-13(2)10-7-9(8-11)4-5-12-10/h3-5,7H,1,6,8,11H2,2H3. The number of likely N-dealkylation sites (N-methyl/N-ethyl adjacent to an activating group) is 1. The first-order chi connectivity index (χ1) is 6.27. The maximum atomic E-state index is 5.53. The van der Waals surface area contributed by atoms with Gasteiger partial charge in [0.15, 0.2) is 0 Å². The molecule has 0 saturated carbocycles. The van der Waals surface area contributed by atoms with Crippen LogP contribution in [0.25, 0.3) is 0 Å². The summed E-state index contributed by atoms with van der Waals surface area (Å²) in [7, 11) is 1.98. The Bertz CT molecular complexity index is 283. The Kier molecular flexibility index (Phi) is 3.46. The van der Waals surface area contributed by atoms with Crippen molar-refractivity contribution in [1.29, 1.82) is 0 Å². The number of anilines is 1. The van der Waals surface area contributed by atoms with Crippen molar-refractivity contribution in [2.45, 2.75) is 6.54 Å². The number of hydrogen-bond acceptors (Lipinski definition) is 3. The van der Waals surface area contributed by atoms with Crippen LogP contribution in [0, 0.1) is 0 Å². The highest BCUT2D eigenvalue weighted by molar-refractivity contribution is 5.40. The molecule has 1 rings (SSSR count). The van der Waals surface area contributed by atoms with E-state index in [-0.39, 0.29) is 0 Å². The largest absolute Gasteiger partial charge is 0.356 e. The lowest BCUT2D eigenvalue weighted by molar-refractivity contribution is 0.974. The molecule has 0 fully saturated rings. The summed E-state index contributed by atoms with van der Waals surface area (Å²) in [5, 5.41) is 0. The second-order valence-corrected chi connectivity index (χ2v) is 2.90. The molecule has 13 heavy (non-hydrogen) atoms. The zero-order chi connectivity index (χ0) is 9.68. The van der Waals surface area contributed by atoms with Crippen LogP contribution in [-0.2, 0) is 6.54 Å². The van der Waals surface area contributed by atoms with E-state index in [1.54, 1.807) is 6.20 Å². The predicted octanol–water partition coefficient (Wildman–Crippen LogP) is 1.16. The molecule has 0 amide bonds. The minimum Gasteiger partial charge on any atom is -0.356 e. The van der Waals surface area contributed by atoms with Gasteiger partial charge in [0.1, 0.15) is 5.82 Å². The van der Waals surface area contributed by atoms with E-state index in [9.17, 15) is 0 Å². The second kappa shape index (κ2) is 4.62. The van der Waals surface area contributed by atoms with Crippen LogP contribution in [0.15, 0.2) is 31.0 Å². The lowest BCUT2D eigenvalue weighted by atomic mass is 10.2. The van der Waals surface area contributed by atoms with Crippen LogP contribution in [0.4, 0.5) is 5.82 Å². The van der Waals surface area contributed by atoms with E-state index in [0.29, 0.717) is 6.54 Å². The van der Waals surface area contributed by atoms with Crippen molar-refractivity contribution < 1.29 is 0 Å². The molecule has 0 radical (unpaired) electrons. The summed E-state index contributed by atoms with van der Waals surface area (Å²) >= 11 is 0. The Morgan fingerprint density at radius 1 is 1.69 bits per heavy atom. The summed E-state index contributed by atoms with van der Waals surface area (Å²) in [6.07, 6.45) is 3.62. The topological polar surface area (TPSA) is 42.1 Å². The average Bonchev–Trinajstić information content (AvgIpc) is 2.18. The fourth-order valence-electron chi connectivity index (χ4n) is 1.08. The molecule has 3 heteroatoms. The Labute approximate surface area is 78.9 Å². The normalized spacial score (nSPS) is 9.69. The quantitative estimate of drug-likeness (QED) is 0.702. The Hall–Kier alpha value is -1.35. The highest BCUT2D eigenvalue weighted by atomic mass is 15.1. The van der Waals surface area contributed by atoms with Crippen LogP contribution >= 0.6 is 0 Å². The Balaban J connectivity index is 2.81. The van der Waals surface area contributed by atoms with E-state index < -0.39 is 0 Å². The van der Waals surface area contributed by atoms with Gasteiger partial charge in [-0.15, -0.1) is 6.58 Å². The van der Waals surface area contributed by atoms with Crippen molar-refractivity contribution >= 4 is 5.82 Å². The lowest BCUT2D eigenvalue weighted by Crippen LogP contribution is -2.18. The number of pyridine rings is 1. The van der Waals surface area contributed by atoms with E-state index in [0.717, 1.165) is 17.9 Å². The van der Waals surface area contributed by atoms with Gasteiger partial charge in [-0.25, -0.2) is 4.98 Å². The molecule has 1 aromatic heterocycles. The smallest absolute Gasteiger partial charge is 0.128 e. The summed E-state index contributed by atoms with van der Waals surface area (Å²) in [5.41, 5.74) is 6.62. The van der Waals surface area contributed by atoms with Crippen molar-refractivity contribution in [2.75, 3.05) is 18.5 Å². The van der Waals surface area contributed by atoms with Gasteiger partial charge < -0.3 is 10.6 Å². The summed E-state index contributed by atoms with van der Waals surface area (Å²) in [4.78, 5) is 6.25. The predicted molar refractivity (Wildman–Crippen MR) is 55.6 cm³/mol. The average molecular weight is 177 g/mol. The molecule has 0 bridgehead atoms. The van der Waals surface area contributed by atoms with Gasteiger partial charge in [0.2, 0.25) is 0 Å². The van der Waals surface area contributed by atoms with Crippen molar-refractivity contribution in [3.8, 4) is 0 Å². The lowest BCUT2D eigenvalue weighted by Gasteiger charge is -2.15. The van der Waals surface area contributed by atoms with Gasteiger partial charge in [-0.2, -0.15) is 0 Å². The molecule has 1 heterocycles. The third kappa shape index (κ3) is 2.56. The molecule has 0 aromatic carbocycles. The first kappa shape index (κ1) is 9.74. The van der Waals surface area contributed by atoms with Gasteiger partial charge in [0, 0.05) is 26.3 Å². The molecule has 1 aromatic rings. The summed E-state index contributed by atoms with van der Waals surface area (Å²) in [5.74, 6) is 0.933. The fourth-order valence-corrected chi connectivity index (χ4v) is 1.08. The number of aromatic nitrogens is 1. The van der Waals surface area contributed by atoms with Crippen molar-refractivity contribution in [3.63, 3.8) is 0 Å². The van der Waals surface area contributed by atoms with Crippen molar-refractivity contribution in [3.05, 3.63) is 36.5 Å². The zero-order valence-electron chi connectivity index (χ0n) is 7.90. The van der Waals surface area contributed by atoms with Crippen LogP contribution in [0.1, 0.15) is 5.56 Å².